The summed E-state index contributed by atoms with van der Waals surface area (Å²) in [6, 6.07) is 11.6. The lowest BCUT2D eigenvalue weighted by molar-refractivity contribution is 0.459. The molecule has 0 fully saturated rings. The molecule has 4 nitrogen and oxygen atoms in total. The maximum atomic E-state index is 10.0. The Bertz CT molecular complexity index is 866. The molecule has 2 aromatic rings. The molecule has 1 aliphatic carbocycles. The molecule has 3 rings (SSSR count). The summed E-state index contributed by atoms with van der Waals surface area (Å²) in [5.74, 6) is -0.0104. The minimum absolute atomic E-state index is 0.0108. The van der Waals surface area contributed by atoms with E-state index in [4.69, 9.17) is 10.8 Å². The van der Waals surface area contributed by atoms with Crippen LogP contribution in [-0.2, 0) is 0 Å². The molecule has 0 radical (unpaired) electrons. The molecule has 0 bridgehead atoms. The zero-order chi connectivity index (χ0) is 14.3. The van der Waals surface area contributed by atoms with Crippen LogP contribution in [0.4, 0.5) is 0 Å². The predicted octanol–water partition coefficient (Wildman–Crippen LogP) is 1.13. The van der Waals surface area contributed by atoms with Crippen LogP contribution in [0.1, 0.15) is 5.56 Å². The van der Waals surface area contributed by atoms with Crippen molar-refractivity contribution in [1.29, 1.82) is 10.8 Å². The molecule has 2 aromatic carbocycles. The van der Waals surface area contributed by atoms with Crippen molar-refractivity contribution in [1.82, 2.24) is 0 Å². The average molecular weight is 264 g/mol. The molecule has 0 aliphatic heterocycles. The number of hydrogen-bond acceptors (Lipinski definition) is 4. The summed E-state index contributed by atoms with van der Waals surface area (Å²) in [6.45, 7) is 0. The van der Waals surface area contributed by atoms with Crippen LogP contribution >= 0.6 is 0 Å². The minimum atomic E-state index is -0.0212. The van der Waals surface area contributed by atoms with Crippen molar-refractivity contribution in [2.24, 2.45) is 0 Å². The van der Waals surface area contributed by atoms with Gasteiger partial charge in [0.15, 0.2) is 0 Å². The molecular formula is C16H12N2O2. The lowest BCUT2D eigenvalue weighted by atomic mass is 9.90. The quantitative estimate of drug-likeness (QED) is 0.582. The van der Waals surface area contributed by atoms with Crippen molar-refractivity contribution < 1.29 is 10.2 Å². The number of nitrogens with one attached hydrogen (secondary N) is 2. The number of aromatic hydroxyl groups is 2. The highest BCUT2D eigenvalue weighted by atomic mass is 16.3. The van der Waals surface area contributed by atoms with Crippen LogP contribution in [0, 0.1) is 10.8 Å². The highest BCUT2D eigenvalue weighted by Crippen LogP contribution is 2.28. The highest BCUT2D eigenvalue weighted by Gasteiger charge is 2.19. The fraction of sp³-hybridized carbons (Fsp3) is 0. The SMILES string of the molecule is N=C1C=c2ccccc2=C(c2cc(O)ccc2O)C1=N. The largest absolute Gasteiger partial charge is 0.508 e. The van der Waals surface area contributed by atoms with Gasteiger partial charge in [-0.15, -0.1) is 0 Å². The van der Waals surface area contributed by atoms with Crippen LogP contribution in [0.5, 0.6) is 11.5 Å². The summed E-state index contributed by atoms with van der Waals surface area (Å²) in [5, 5.41) is 37.2. The second-order valence-electron chi connectivity index (χ2n) is 4.60. The van der Waals surface area contributed by atoms with Gasteiger partial charge in [0, 0.05) is 11.1 Å². The maximum absolute atomic E-state index is 10.0. The van der Waals surface area contributed by atoms with E-state index < -0.39 is 0 Å². The summed E-state index contributed by atoms with van der Waals surface area (Å²) in [5.41, 5.74) is 0.938. The zero-order valence-corrected chi connectivity index (χ0v) is 10.5. The molecule has 0 amide bonds. The van der Waals surface area contributed by atoms with Crippen molar-refractivity contribution in [2.75, 3.05) is 0 Å². The number of phenols is 2. The third-order valence-electron chi connectivity index (χ3n) is 3.30. The second kappa shape index (κ2) is 4.35. The van der Waals surface area contributed by atoms with Crippen LogP contribution < -0.4 is 10.4 Å². The van der Waals surface area contributed by atoms with Gasteiger partial charge in [-0.3, -0.25) is 10.8 Å². The Labute approximate surface area is 115 Å². The molecule has 0 aromatic heterocycles. The topological polar surface area (TPSA) is 88.2 Å². The number of benzene rings is 2. The van der Waals surface area contributed by atoms with Gasteiger partial charge in [-0.2, -0.15) is 0 Å². The van der Waals surface area contributed by atoms with E-state index in [0.29, 0.717) is 11.1 Å². The van der Waals surface area contributed by atoms with E-state index in [0.717, 1.165) is 10.4 Å². The second-order valence-corrected chi connectivity index (χ2v) is 4.60. The first-order valence-electron chi connectivity index (χ1n) is 6.09. The van der Waals surface area contributed by atoms with E-state index >= 15 is 0 Å². The van der Waals surface area contributed by atoms with Crippen LogP contribution in [0.25, 0.3) is 11.6 Å². The normalized spacial score (nSPS) is 13.9. The molecule has 1 aliphatic rings. The van der Waals surface area contributed by atoms with Gasteiger partial charge in [0.2, 0.25) is 0 Å². The van der Waals surface area contributed by atoms with Crippen LogP contribution in [0.3, 0.4) is 0 Å². The molecule has 0 atom stereocenters. The van der Waals surface area contributed by atoms with Gasteiger partial charge in [0.25, 0.3) is 0 Å². The molecule has 0 unspecified atom stereocenters. The lowest BCUT2D eigenvalue weighted by Gasteiger charge is -2.15. The van der Waals surface area contributed by atoms with Gasteiger partial charge < -0.3 is 10.2 Å². The van der Waals surface area contributed by atoms with Gasteiger partial charge in [0.05, 0.1) is 11.4 Å². The van der Waals surface area contributed by atoms with Crippen molar-refractivity contribution in [3.05, 3.63) is 58.5 Å². The van der Waals surface area contributed by atoms with Crippen LogP contribution in [0.2, 0.25) is 0 Å². The first kappa shape index (κ1) is 12.2. The fourth-order valence-electron chi connectivity index (χ4n) is 2.35. The van der Waals surface area contributed by atoms with Crippen molar-refractivity contribution in [3.8, 4) is 11.5 Å². The first-order chi connectivity index (χ1) is 9.58. The Balaban J connectivity index is 2.47. The Kier molecular flexibility index (Phi) is 2.64. The number of hydrogen-bond donors (Lipinski definition) is 4. The van der Waals surface area contributed by atoms with E-state index in [1.807, 2.05) is 24.3 Å². The summed E-state index contributed by atoms with van der Waals surface area (Å²) < 4.78 is 0. The monoisotopic (exact) mass is 264 g/mol. The molecule has 0 saturated heterocycles. The highest BCUT2D eigenvalue weighted by molar-refractivity contribution is 6.64. The molecule has 98 valence electrons. The first-order valence-corrected chi connectivity index (χ1v) is 6.09. The number of phenolic OH excluding ortho intramolecular Hbond substituents is 2. The Morgan fingerprint density at radius 3 is 2.45 bits per heavy atom. The van der Waals surface area contributed by atoms with Crippen LogP contribution in [-0.4, -0.2) is 21.6 Å². The summed E-state index contributed by atoms with van der Waals surface area (Å²) in [7, 11) is 0. The third kappa shape index (κ3) is 1.78. The van der Waals surface area contributed by atoms with Crippen molar-refractivity contribution in [2.45, 2.75) is 0 Å². The number of fused-ring (bicyclic) bond motifs is 1. The zero-order valence-electron chi connectivity index (χ0n) is 10.5. The molecule has 4 N–H and O–H groups in total. The van der Waals surface area contributed by atoms with E-state index in [1.54, 1.807) is 6.08 Å². The maximum Gasteiger partial charge on any atom is 0.123 e. The van der Waals surface area contributed by atoms with Crippen molar-refractivity contribution >= 4 is 23.1 Å². The summed E-state index contributed by atoms with van der Waals surface area (Å²) >= 11 is 0. The Morgan fingerprint density at radius 1 is 0.900 bits per heavy atom. The third-order valence-corrected chi connectivity index (χ3v) is 3.30. The molecule has 0 spiro atoms. The predicted molar refractivity (Wildman–Crippen MR) is 77.9 cm³/mol. The Hall–Kier alpha value is -2.88. The molecule has 20 heavy (non-hydrogen) atoms. The Morgan fingerprint density at radius 2 is 1.65 bits per heavy atom. The van der Waals surface area contributed by atoms with E-state index in [2.05, 4.69) is 0 Å². The van der Waals surface area contributed by atoms with E-state index in [-0.39, 0.29) is 22.9 Å². The van der Waals surface area contributed by atoms with E-state index in [1.165, 1.54) is 18.2 Å². The van der Waals surface area contributed by atoms with E-state index in [9.17, 15) is 10.2 Å². The standard InChI is InChI=1S/C16H12N2O2/c17-13-7-9-3-1-2-4-11(9)15(16(13)18)12-8-10(19)5-6-14(12)20/h1-8,17-20H. The minimum Gasteiger partial charge on any atom is -0.508 e. The molecular weight excluding hydrogens is 252 g/mol. The van der Waals surface area contributed by atoms with Gasteiger partial charge >= 0.3 is 0 Å². The van der Waals surface area contributed by atoms with Gasteiger partial charge in [-0.25, -0.2) is 0 Å². The van der Waals surface area contributed by atoms with Crippen molar-refractivity contribution in [3.63, 3.8) is 0 Å². The van der Waals surface area contributed by atoms with Gasteiger partial charge in [0.1, 0.15) is 11.5 Å². The lowest BCUT2D eigenvalue weighted by Crippen LogP contribution is -2.37. The van der Waals surface area contributed by atoms with Gasteiger partial charge in [-0.1, -0.05) is 24.3 Å². The summed E-state index contributed by atoms with van der Waals surface area (Å²) in [4.78, 5) is 0. The fourth-order valence-corrected chi connectivity index (χ4v) is 2.35. The summed E-state index contributed by atoms with van der Waals surface area (Å²) in [6.07, 6.45) is 1.63. The molecule has 4 heteroatoms. The van der Waals surface area contributed by atoms with Gasteiger partial charge in [-0.05, 0) is 34.7 Å². The average Bonchev–Trinajstić information content (AvgIpc) is 2.43. The molecule has 0 heterocycles. The molecule has 0 saturated carbocycles. The smallest absolute Gasteiger partial charge is 0.123 e. The number of rotatable bonds is 1. The van der Waals surface area contributed by atoms with Crippen LogP contribution in [0.15, 0.2) is 42.5 Å².